The lowest BCUT2D eigenvalue weighted by Crippen LogP contribution is -2.51. The maximum Gasteiger partial charge on any atom is 0.304 e. The SMILES string of the molecule is COCC(NC(=O)[C@H](Cc1ccccc1)NC(=O)[C@H](CCCc1ccc(-c2ccccc2)c(C)c1)CC(=O)O)c1ccccc1. The smallest absolute Gasteiger partial charge is 0.304 e. The van der Waals surface area contributed by atoms with Gasteiger partial charge in [0.2, 0.25) is 11.8 Å². The van der Waals surface area contributed by atoms with Crippen molar-refractivity contribution in [3.8, 4) is 11.1 Å². The molecular weight excluding hydrogens is 564 g/mol. The van der Waals surface area contributed by atoms with Crippen LogP contribution in [0, 0.1) is 12.8 Å². The molecule has 3 atom stereocenters. The van der Waals surface area contributed by atoms with Crippen LogP contribution in [0.25, 0.3) is 11.1 Å². The monoisotopic (exact) mass is 606 g/mol. The second kappa shape index (κ2) is 16.9. The number of aliphatic carboxylic acids is 1. The van der Waals surface area contributed by atoms with Crippen molar-refractivity contribution >= 4 is 17.8 Å². The van der Waals surface area contributed by atoms with Gasteiger partial charge in [0, 0.05) is 19.4 Å². The second-order valence-corrected chi connectivity index (χ2v) is 11.4. The van der Waals surface area contributed by atoms with E-state index in [0.29, 0.717) is 19.3 Å². The van der Waals surface area contributed by atoms with E-state index in [9.17, 15) is 19.5 Å². The summed E-state index contributed by atoms with van der Waals surface area (Å²) in [6.07, 6.45) is 1.68. The van der Waals surface area contributed by atoms with Crippen molar-refractivity contribution in [2.24, 2.45) is 5.92 Å². The van der Waals surface area contributed by atoms with Gasteiger partial charge in [0.05, 0.1) is 19.1 Å². The van der Waals surface area contributed by atoms with Gasteiger partial charge >= 0.3 is 5.97 Å². The Morgan fingerprint density at radius 1 is 0.778 bits per heavy atom. The molecule has 0 radical (unpaired) electrons. The molecule has 0 aromatic heterocycles. The highest BCUT2D eigenvalue weighted by atomic mass is 16.5. The van der Waals surface area contributed by atoms with Crippen LogP contribution in [0.15, 0.2) is 109 Å². The Labute approximate surface area is 265 Å². The minimum absolute atomic E-state index is 0.259. The maximum absolute atomic E-state index is 13.6. The van der Waals surface area contributed by atoms with E-state index < -0.39 is 29.9 Å². The first kappa shape index (κ1) is 33.1. The van der Waals surface area contributed by atoms with Crippen LogP contribution < -0.4 is 10.6 Å². The molecule has 4 aromatic rings. The zero-order valence-corrected chi connectivity index (χ0v) is 25.9. The molecule has 7 nitrogen and oxygen atoms in total. The van der Waals surface area contributed by atoms with Gasteiger partial charge in [-0.15, -0.1) is 0 Å². The largest absolute Gasteiger partial charge is 0.481 e. The zero-order chi connectivity index (χ0) is 32.0. The van der Waals surface area contributed by atoms with Gasteiger partial charge in [0.15, 0.2) is 0 Å². The van der Waals surface area contributed by atoms with Gasteiger partial charge < -0.3 is 20.5 Å². The summed E-state index contributed by atoms with van der Waals surface area (Å²) in [5.74, 6) is -2.62. The topological polar surface area (TPSA) is 105 Å². The van der Waals surface area contributed by atoms with Crippen molar-refractivity contribution in [1.82, 2.24) is 10.6 Å². The Balaban J connectivity index is 1.44. The van der Waals surface area contributed by atoms with Crippen LogP contribution in [0.2, 0.25) is 0 Å². The molecule has 0 aliphatic heterocycles. The van der Waals surface area contributed by atoms with Crippen molar-refractivity contribution in [3.63, 3.8) is 0 Å². The highest BCUT2D eigenvalue weighted by molar-refractivity contribution is 5.90. The lowest BCUT2D eigenvalue weighted by Gasteiger charge is -2.25. The Hall–Kier alpha value is -4.75. The maximum atomic E-state index is 13.6. The Morgan fingerprint density at radius 2 is 1.42 bits per heavy atom. The molecule has 0 heterocycles. The van der Waals surface area contributed by atoms with Crippen molar-refractivity contribution in [2.75, 3.05) is 13.7 Å². The third-order valence-electron chi connectivity index (χ3n) is 7.95. The molecule has 2 amide bonds. The van der Waals surface area contributed by atoms with Crippen LogP contribution in [0.5, 0.6) is 0 Å². The molecule has 0 aliphatic carbocycles. The Morgan fingerprint density at radius 3 is 2.04 bits per heavy atom. The predicted molar refractivity (Wildman–Crippen MR) is 177 cm³/mol. The minimum Gasteiger partial charge on any atom is -0.481 e. The number of nitrogens with one attached hydrogen (secondary N) is 2. The molecule has 4 aromatic carbocycles. The van der Waals surface area contributed by atoms with Crippen LogP contribution in [-0.2, 0) is 32.0 Å². The molecule has 0 bridgehead atoms. The fraction of sp³-hybridized carbons (Fsp3) is 0.289. The molecule has 7 heteroatoms. The zero-order valence-electron chi connectivity index (χ0n) is 25.9. The number of amides is 2. The normalized spacial score (nSPS) is 12.9. The molecule has 0 spiro atoms. The van der Waals surface area contributed by atoms with Gasteiger partial charge in [0.25, 0.3) is 0 Å². The summed E-state index contributed by atoms with van der Waals surface area (Å²) in [5, 5.41) is 15.6. The molecule has 234 valence electrons. The molecule has 0 saturated heterocycles. The van der Waals surface area contributed by atoms with E-state index in [1.165, 1.54) is 5.56 Å². The van der Waals surface area contributed by atoms with E-state index in [1.54, 1.807) is 7.11 Å². The number of rotatable bonds is 16. The summed E-state index contributed by atoms with van der Waals surface area (Å²) in [6, 6.07) is 34.2. The fourth-order valence-electron chi connectivity index (χ4n) is 5.61. The summed E-state index contributed by atoms with van der Waals surface area (Å²) in [7, 11) is 1.57. The molecule has 1 unspecified atom stereocenters. The quantitative estimate of drug-likeness (QED) is 0.139. The molecule has 0 aliphatic rings. The van der Waals surface area contributed by atoms with E-state index in [-0.39, 0.29) is 25.4 Å². The molecule has 4 rings (SSSR count). The highest BCUT2D eigenvalue weighted by Crippen LogP contribution is 2.25. The predicted octanol–water partition coefficient (Wildman–Crippen LogP) is 6.31. The van der Waals surface area contributed by atoms with Gasteiger partial charge in [-0.2, -0.15) is 0 Å². The van der Waals surface area contributed by atoms with Crippen LogP contribution >= 0.6 is 0 Å². The third kappa shape index (κ3) is 10.2. The van der Waals surface area contributed by atoms with Gasteiger partial charge in [-0.05, 0) is 59.6 Å². The molecular formula is C38H42N2O5. The number of carboxylic acids is 1. The highest BCUT2D eigenvalue weighted by Gasteiger charge is 2.29. The van der Waals surface area contributed by atoms with Gasteiger partial charge in [-0.25, -0.2) is 0 Å². The molecule has 0 saturated carbocycles. The number of hydrogen-bond acceptors (Lipinski definition) is 4. The number of hydrogen-bond donors (Lipinski definition) is 3. The molecule has 45 heavy (non-hydrogen) atoms. The summed E-state index contributed by atoms with van der Waals surface area (Å²) < 4.78 is 5.37. The molecule has 0 fully saturated rings. The average molecular weight is 607 g/mol. The fourth-order valence-corrected chi connectivity index (χ4v) is 5.61. The summed E-state index contributed by atoms with van der Waals surface area (Å²) >= 11 is 0. The summed E-state index contributed by atoms with van der Waals surface area (Å²) in [4.78, 5) is 39.0. The first-order valence-corrected chi connectivity index (χ1v) is 15.4. The molecule has 3 N–H and O–H groups in total. The van der Waals surface area contributed by atoms with Crippen molar-refractivity contribution in [2.45, 2.75) is 51.1 Å². The average Bonchev–Trinajstić information content (AvgIpc) is 3.05. The van der Waals surface area contributed by atoms with Gasteiger partial charge in [0.1, 0.15) is 6.04 Å². The van der Waals surface area contributed by atoms with Crippen LogP contribution in [-0.4, -0.2) is 42.6 Å². The lowest BCUT2D eigenvalue weighted by molar-refractivity contribution is -0.141. The third-order valence-corrected chi connectivity index (χ3v) is 7.95. The number of aryl methyl sites for hydroxylation is 2. The van der Waals surface area contributed by atoms with Crippen LogP contribution in [0.1, 0.15) is 47.6 Å². The van der Waals surface area contributed by atoms with E-state index in [2.05, 4.69) is 47.9 Å². The van der Waals surface area contributed by atoms with Gasteiger partial charge in [-0.1, -0.05) is 109 Å². The lowest BCUT2D eigenvalue weighted by atomic mass is 9.93. The first-order valence-electron chi connectivity index (χ1n) is 15.4. The number of ether oxygens (including phenoxy) is 1. The van der Waals surface area contributed by atoms with E-state index in [0.717, 1.165) is 27.8 Å². The number of carbonyl (C=O) groups is 3. The minimum atomic E-state index is -1.05. The Bertz CT molecular complexity index is 1530. The first-order chi connectivity index (χ1) is 21.8. The number of carboxylic acid groups (broad SMARTS) is 1. The summed E-state index contributed by atoms with van der Waals surface area (Å²) in [5.41, 5.74) is 6.39. The van der Waals surface area contributed by atoms with E-state index >= 15 is 0 Å². The van der Waals surface area contributed by atoms with Gasteiger partial charge in [-0.3, -0.25) is 14.4 Å². The number of methoxy groups -OCH3 is 1. The second-order valence-electron chi connectivity index (χ2n) is 11.4. The Kier molecular flexibility index (Phi) is 12.5. The number of benzene rings is 4. The van der Waals surface area contributed by atoms with Crippen molar-refractivity contribution < 1.29 is 24.2 Å². The van der Waals surface area contributed by atoms with Crippen molar-refractivity contribution in [1.29, 1.82) is 0 Å². The van der Waals surface area contributed by atoms with E-state index in [1.807, 2.05) is 78.9 Å². The van der Waals surface area contributed by atoms with Crippen LogP contribution in [0.3, 0.4) is 0 Å². The van der Waals surface area contributed by atoms with Crippen molar-refractivity contribution in [3.05, 3.63) is 131 Å². The summed E-state index contributed by atoms with van der Waals surface area (Å²) in [6.45, 7) is 2.34. The number of carbonyl (C=O) groups excluding carboxylic acids is 2. The standard InChI is InChI=1S/C38H42N2O5/c1-27-23-29(21-22-33(27)30-16-8-4-9-17-30)15-12-20-32(25-36(41)42)37(43)39-34(24-28-13-6-3-7-14-28)38(44)40-35(26-45-2)31-18-10-5-11-19-31/h3-11,13-14,16-19,21-23,32,34-35H,12,15,20,24-26H2,1-2H3,(H,39,43)(H,40,44)(H,41,42)/t32-,34+,35?/m1/s1. The van der Waals surface area contributed by atoms with E-state index in [4.69, 9.17) is 4.74 Å². The van der Waals surface area contributed by atoms with Crippen LogP contribution in [0.4, 0.5) is 0 Å².